The number of amides is 1. The molecular formula is C12H17BrN2O. The van der Waals surface area contributed by atoms with Crippen molar-refractivity contribution in [1.82, 2.24) is 10.6 Å². The van der Waals surface area contributed by atoms with Crippen LogP contribution in [0.3, 0.4) is 0 Å². The van der Waals surface area contributed by atoms with Crippen LogP contribution in [0.1, 0.15) is 12.0 Å². The maximum atomic E-state index is 11.3. The topological polar surface area (TPSA) is 41.1 Å². The van der Waals surface area contributed by atoms with Gasteiger partial charge in [0, 0.05) is 24.0 Å². The van der Waals surface area contributed by atoms with Crippen LogP contribution in [-0.4, -0.2) is 26.0 Å². The van der Waals surface area contributed by atoms with Crippen LogP contribution < -0.4 is 10.6 Å². The summed E-state index contributed by atoms with van der Waals surface area (Å²) >= 11 is 3.42. The fourth-order valence-corrected chi connectivity index (χ4v) is 1.81. The van der Waals surface area contributed by atoms with Crippen molar-refractivity contribution in [2.75, 3.05) is 20.1 Å². The normalized spacial score (nSPS) is 10.1. The average molecular weight is 285 g/mol. The largest absolute Gasteiger partial charge is 0.356 e. The Labute approximate surface area is 105 Å². The van der Waals surface area contributed by atoms with Gasteiger partial charge in [0.05, 0.1) is 0 Å². The summed E-state index contributed by atoms with van der Waals surface area (Å²) in [5, 5.41) is 5.84. The highest BCUT2D eigenvalue weighted by molar-refractivity contribution is 9.10. The Hall–Kier alpha value is -0.870. The van der Waals surface area contributed by atoms with Crippen molar-refractivity contribution in [3.8, 4) is 0 Å². The van der Waals surface area contributed by atoms with Gasteiger partial charge in [-0.1, -0.05) is 28.1 Å². The Kier molecular flexibility index (Phi) is 6.11. The number of hydrogen-bond donors (Lipinski definition) is 2. The molecule has 0 aliphatic carbocycles. The summed E-state index contributed by atoms with van der Waals surface area (Å²) in [6.07, 6.45) is 1.40. The van der Waals surface area contributed by atoms with Gasteiger partial charge in [0.15, 0.2) is 0 Å². The number of rotatable bonds is 6. The standard InChI is InChI=1S/C12H17BrN2O/c1-14-7-6-12(16)15-8-5-10-3-2-4-11(13)9-10/h2-4,9,14H,5-8H2,1H3,(H,15,16). The van der Waals surface area contributed by atoms with Gasteiger partial charge in [-0.25, -0.2) is 0 Å². The van der Waals surface area contributed by atoms with Crippen molar-refractivity contribution in [3.05, 3.63) is 34.3 Å². The Balaban J connectivity index is 2.22. The van der Waals surface area contributed by atoms with Gasteiger partial charge in [-0.3, -0.25) is 4.79 Å². The Morgan fingerprint density at radius 2 is 2.19 bits per heavy atom. The molecule has 0 saturated heterocycles. The van der Waals surface area contributed by atoms with E-state index in [1.165, 1.54) is 5.56 Å². The van der Waals surface area contributed by atoms with E-state index in [0.717, 1.165) is 17.4 Å². The smallest absolute Gasteiger partial charge is 0.221 e. The van der Waals surface area contributed by atoms with Crippen LogP contribution in [0.25, 0.3) is 0 Å². The molecule has 0 fully saturated rings. The lowest BCUT2D eigenvalue weighted by Gasteiger charge is -2.05. The minimum absolute atomic E-state index is 0.101. The van der Waals surface area contributed by atoms with Crippen molar-refractivity contribution < 1.29 is 4.79 Å². The maximum absolute atomic E-state index is 11.3. The fraction of sp³-hybridized carbons (Fsp3) is 0.417. The first-order chi connectivity index (χ1) is 7.72. The number of hydrogen-bond acceptors (Lipinski definition) is 2. The van der Waals surface area contributed by atoms with Crippen molar-refractivity contribution in [1.29, 1.82) is 0 Å². The molecule has 88 valence electrons. The lowest BCUT2D eigenvalue weighted by Crippen LogP contribution is -2.28. The van der Waals surface area contributed by atoms with Gasteiger partial charge in [-0.15, -0.1) is 0 Å². The molecular weight excluding hydrogens is 268 g/mol. The molecule has 0 bridgehead atoms. The molecule has 0 spiro atoms. The Morgan fingerprint density at radius 1 is 1.38 bits per heavy atom. The Morgan fingerprint density at radius 3 is 2.88 bits per heavy atom. The predicted molar refractivity (Wildman–Crippen MR) is 69.4 cm³/mol. The molecule has 3 nitrogen and oxygen atoms in total. The van der Waals surface area contributed by atoms with E-state index < -0.39 is 0 Å². The molecule has 16 heavy (non-hydrogen) atoms. The van der Waals surface area contributed by atoms with E-state index in [2.05, 4.69) is 38.7 Å². The van der Waals surface area contributed by atoms with Gasteiger partial charge in [0.2, 0.25) is 5.91 Å². The van der Waals surface area contributed by atoms with Crippen molar-refractivity contribution in [3.63, 3.8) is 0 Å². The van der Waals surface area contributed by atoms with Gasteiger partial charge >= 0.3 is 0 Å². The molecule has 1 amide bonds. The molecule has 0 aliphatic rings. The third-order valence-corrected chi connectivity index (χ3v) is 2.72. The van der Waals surface area contributed by atoms with Crippen LogP contribution in [0.4, 0.5) is 0 Å². The minimum atomic E-state index is 0.101. The zero-order valence-electron chi connectivity index (χ0n) is 9.42. The number of carbonyl (C=O) groups is 1. The summed E-state index contributed by atoms with van der Waals surface area (Å²) in [7, 11) is 1.84. The molecule has 0 atom stereocenters. The van der Waals surface area contributed by atoms with Crippen molar-refractivity contribution in [2.24, 2.45) is 0 Å². The lowest BCUT2D eigenvalue weighted by atomic mass is 10.1. The fourth-order valence-electron chi connectivity index (χ4n) is 1.37. The van der Waals surface area contributed by atoms with Gasteiger partial charge < -0.3 is 10.6 Å². The van der Waals surface area contributed by atoms with Gasteiger partial charge in [0.25, 0.3) is 0 Å². The molecule has 0 heterocycles. The summed E-state index contributed by atoms with van der Waals surface area (Å²) in [4.78, 5) is 11.3. The van der Waals surface area contributed by atoms with Gasteiger partial charge in [-0.2, -0.15) is 0 Å². The van der Waals surface area contributed by atoms with Crippen LogP contribution in [-0.2, 0) is 11.2 Å². The molecule has 0 radical (unpaired) electrons. The second-order valence-electron chi connectivity index (χ2n) is 3.58. The minimum Gasteiger partial charge on any atom is -0.356 e. The van der Waals surface area contributed by atoms with E-state index >= 15 is 0 Å². The first-order valence-corrected chi connectivity index (χ1v) is 6.17. The first-order valence-electron chi connectivity index (χ1n) is 5.38. The highest BCUT2D eigenvalue weighted by atomic mass is 79.9. The number of halogens is 1. The van der Waals surface area contributed by atoms with E-state index in [0.29, 0.717) is 13.0 Å². The van der Waals surface area contributed by atoms with E-state index in [4.69, 9.17) is 0 Å². The molecule has 0 aliphatic heterocycles. The van der Waals surface area contributed by atoms with Gasteiger partial charge in [-0.05, 0) is 31.2 Å². The average Bonchev–Trinajstić information content (AvgIpc) is 2.26. The monoisotopic (exact) mass is 284 g/mol. The highest BCUT2D eigenvalue weighted by Crippen LogP contribution is 2.11. The second-order valence-corrected chi connectivity index (χ2v) is 4.50. The molecule has 4 heteroatoms. The molecule has 0 aromatic heterocycles. The summed E-state index contributed by atoms with van der Waals surface area (Å²) < 4.78 is 1.08. The van der Waals surface area contributed by atoms with E-state index in [-0.39, 0.29) is 5.91 Å². The van der Waals surface area contributed by atoms with Crippen LogP contribution >= 0.6 is 15.9 Å². The van der Waals surface area contributed by atoms with Crippen LogP contribution in [0.2, 0.25) is 0 Å². The molecule has 1 rings (SSSR count). The highest BCUT2D eigenvalue weighted by Gasteiger charge is 1.99. The molecule has 1 aromatic carbocycles. The van der Waals surface area contributed by atoms with Crippen LogP contribution in [0.15, 0.2) is 28.7 Å². The lowest BCUT2D eigenvalue weighted by molar-refractivity contribution is -0.120. The van der Waals surface area contributed by atoms with Crippen molar-refractivity contribution in [2.45, 2.75) is 12.8 Å². The number of nitrogens with one attached hydrogen (secondary N) is 2. The second kappa shape index (κ2) is 7.41. The quantitative estimate of drug-likeness (QED) is 0.835. The van der Waals surface area contributed by atoms with E-state index in [1.54, 1.807) is 0 Å². The Bertz CT molecular complexity index is 342. The zero-order valence-corrected chi connectivity index (χ0v) is 11.0. The third kappa shape index (κ3) is 5.28. The van der Waals surface area contributed by atoms with Crippen molar-refractivity contribution >= 4 is 21.8 Å². The summed E-state index contributed by atoms with van der Waals surface area (Å²) in [6.45, 7) is 1.42. The van der Waals surface area contributed by atoms with Gasteiger partial charge in [0.1, 0.15) is 0 Å². The summed E-state index contributed by atoms with van der Waals surface area (Å²) in [5.74, 6) is 0.101. The molecule has 0 unspecified atom stereocenters. The third-order valence-electron chi connectivity index (χ3n) is 2.23. The summed E-state index contributed by atoms with van der Waals surface area (Å²) in [5.41, 5.74) is 1.23. The first kappa shape index (κ1) is 13.2. The van der Waals surface area contributed by atoms with Crippen LogP contribution in [0, 0.1) is 0 Å². The SMILES string of the molecule is CNCCC(=O)NCCc1cccc(Br)c1. The molecule has 0 saturated carbocycles. The number of carbonyl (C=O) groups excluding carboxylic acids is 1. The molecule has 1 aromatic rings. The predicted octanol–water partition coefficient (Wildman–Crippen LogP) is 1.72. The number of benzene rings is 1. The maximum Gasteiger partial charge on any atom is 0.221 e. The molecule has 2 N–H and O–H groups in total. The summed E-state index contributed by atoms with van der Waals surface area (Å²) in [6, 6.07) is 8.13. The van der Waals surface area contributed by atoms with E-state index in [1.807, 2.05) is 19.2 Å². The van der Waals surface area contributed by atoms with E-state index in [9.17, 15) is 4.79 Å². The van der Waals surface area contributed by atoms with Crippen LogP contribution in [0.5, 0.6) is 0 Å². The zero-order chi connectivity index (χ0) is 11.8.